The molecule has 0 bridgehead atoms. The van der Waals surface area contributed by atoms with Crippen molar-refractivity contribution in [3.63, 3.8) is 0 Å². The number of hydrogen-bond acceptors (Lipinski definition) is 7. The Morgan fingerprint density at radius 3 is 2.79 bits per heavy atom. The fourth-order valence-corrected chi connectivity index (χ4v) is 2.26. The van der Waals surface area contributed by atoms with Crippen LogP contribution in [-0.2, 0) is 13.5 Å². The SMILES string of the molecule is COc1ccc(-c2nnn(C)n2)cc1/C=C/CCc1nnc(C)o1. The Balaban J connectivity index is 1.74. The molecular formula is C16H18N6O2. The van der Waals surface area contributed by atoms with Gasteiger partial charge in [-0.15, -0.1) is 20.4 Å². The maximum atomic E-state index is 5.41. The second-order valence-corrected chi connectivity index (χ2v) is 5.22. The van der Waals surface area contributed by atoms with Gasteiger partial charge < -0.3 is 9.15 Å². The summed E-state index contributed by atoms with van der Waals surface area (Å²) >= 11 is 0. The third-order valence-corrected chi connectivity index (χ3v) is 3.39. The summed E-state index contributed by atoms with van der Waals surface area (Å²) in [6, 6.07) is 5.78. The van der Waals surface area contributed by atoms with Gasteiger partial charge in [-0.3, -0.25) is 0 Å². The molecule has 0 radical (unpaired) electrons. The predicted molar refractivity (Wildman–Crippen MR) is 87.2 cm³/mol. The van der Waals surface area contributed by atoms with Gasteiger partial charge in [-0.1, -0.05) is 12.2 Å². The number of nitrogens with zero attached hydrogens (tertiary/aromatic N) is 6. The normalized spacial score (nSPS) is 11.3. The molecule has 124 valence electrons. The molecule has 0 fully saturated rings. The van der Waals surface area contributed by atoms with E-state index in [2.05, 4.69) is 25.6 Å². The van der Waals surface area contributed by atoms with Crippen LogP contribution >= 0.6 is 0 Å². The molecule has 0 aliphatic carbocycles. The van der Waals surface area contributed by atoms with Crippen molar-refractivity contribution in [2.75, 3.05) is 7.11 Å². The third-order valence-electron chi connectivity index (χ3n) is 3.39. The van der Waals surface area contributed by atoms with Crippen LogP contribution in [0.5, 0.6) is 5.75 Å². The first-order chi connectivity index (χ1) is 11.7. The highest BCUT2D eigenvalue weighted by Gasteiger charge is 2.08. The van der Waals surface area contributed by atoms with Gasteiger partial charge >= 0.3 is 0 Å². The molecule has 0 saturated carbocycles. The topological polar surface area (TPSA) is 91.8 Å². The molecule has 0 spiro atoms. The van der Waals surface area contributed by atoms with Crippen LogP contribution in [0.3, 0.4) is 0 Å². The molecule has 0 unspecified atom stereocenters. The summed E-state index contributed by atoms with van der Waals surface area (Å²) in [6.07, 6.45) is 5.54. The van der Waals surface area contributed by atoms with Crippen LogP contribution in [-0.4, -0.2) is 37.5 Å². The fraction of sp³-hybridized carbons (Fsp3) is 0.312. The van der Waals surface area contributed by atoms with Crippen LogP contribution in [0.2, 0.25) is 0 Å². The summed E-state index contributed by atoms with van der Waals surface area (Å²) in [5, 5.41) is 19.9. The Labute approximate surface area is 139 Å². The highest BCUT2D eigenvalue weighted by molar-refractivity contribution is 5.66. The van der Waals surface area contributed by atoms with E-state index in [1.54, 1.807) is 21.1 Å². The van der Waals surface area contributed by atoms with E-state index in [0.717, 1.165) is 23.3 Å². The fourth-order valence-electron chi connectivity index (χ4n) is 2.26. The summed E-state index contributed by atoms with van der Waals surface area (Å²) in [7, 11) is 3.38. The molecule has 3 aromatic rings. The first kappa shape index (κ1) is 15.9. The number of ether oxygens (including phenoxy) is 1. The van der Waals surface area contributed by atoms with E-state index in [1.165, 1.54) is 4.80 Å². The minimum absolute atomic E-state index is 0.580. The Bertz CT molecular complexity index is 852. The molecular weight excluding hydrogens is 308 g/mol. The van der Waals surface area contributed by atoms with Crippen LogP contribution < -0.4 is 4.74 Å². The molecule has 0 saturated heterocycles. The smallest absolute Gasteiger partial charge is 0.216 e. The molecule has 2 aromatic heterocycles. The molecule has 8 heteroatoms. The molecule has 0 amide bonds. The Morgan fingerprint density at radius 2 is 2.12 bits per heavy atom. The third kappa shape index (κ3) is 3.65. The zero-order valence-corrected chi connectivity index (χ0v) is 13.8. The lowest BCUT2D eigenvalue weighted by atomic mass is 10.1. The molecule has 2 heterocycles. The largest absolute Gasteiger partial charge is 0.496 e. The molecule has 1 aromatic carbocycles. The standard InChI is InChI=1S/C16H18N6O2/c1-11-17-18-15(24-11)7-5-4-6-12-10-13(8-9-14(12)23-3)16-19-21-22(2)20-16/h4,6,8-10H,5,7H2,1-3H3/b6-4+. The van der Waals surface area contributed by atoms with Gasteiger partial charge in [-0.2, -0.15) is 4.80 Å². The van der Waals surface area contributed by atoms with Gasteiger partial charge in [0, 0.05) is 24.5 Å². The lowest BCUT2D eigenvalue weighted by Crippen LogP contribution is -1.92. The summed E-state index contributed by atoms with van der Waals surface area (Å²) in [6.45, 7) is 1.78. The number of methoxy groups -OCH3 is 1. The molecule has 0 N–H and O–H groups in total. The first-order valence-corrected chi connectivity index (χ1v) is 7.53. The summed E-state index contributed by atoms with van der Waals surface area (Å²) in [5.41, 5.74) is 1.83. The van der Waals surface area contributed by atoms with Crippen LogP contribution in [0.1, 0.15) is 23.8 Å². The van der Waals surface area contributed by atoms with Crippen molar-refractivity contribution < 1.29 is 9.15 Å². The number of allylic oxidation sites excluding steroid dienone is 1. The van der Waals surface area contributed by atoms with Crippen LogP contribution in [0.25, 0.3) is 17.5 Å². The molecule has 3 rings (SSSR count). The molecule has 0 aliphatic rings. The number of aromatic nitrogens is 6. The van der Waals surface area contributed by atoms with Gasteiger partial charge in [-0.05, 0) is 29.8 Å². The van der Waals surface area contributed by atoms with E-state index in [4.69, 9.17) is 9.15 Å². The highest BCUT2D eigenvalue weighted by atomic mass is 16.5. The number of rotatable bonds is 6. The molecule has 0 aliphatic heterocycles. The van der Waals surface area contributed by atoms with Crippen molar-refractivity contribution in [2.24, 2.45) is 7.05 Å². The van der Waals surface area contributed by atoms with E-state index in [1.807, 2.05) is 30.4 Å². The second kappa shape index (κ2) is 7.03. The van der Waals surface area contributed by atoms with Crippen molar-refractivity contribution in [3.05, 3.63) is 41.6 Å². The average molecular weight is 326 g/mol. The number of aryl methyl sites for hydroxylation is 3. The monoisotopic (exact) mass is 326 g/mol. The van der Waals surface area contributed by atoms with Gasteiger partial charge in [0.15, 0.2) is 0 Å². The van der Waals surface area contributed by atoms with Crippen LogP contribution in [0.15, 0.2) is 28.7 Å². The van der Waals surface area contributed by atoms with Crippen molar-refractivity contribution in [1.29, 1.82) is 0 Å². The lowest BCUT2D eigenvalue weighted by molar-refractivity contribution is 0.414. The average Bonchev–Trinajstić information content (AvgIpc) is 3.20. The zero-order chi connectivity index (χ0) is 16.9. The van der Waals surface area contributed by atoms with Gasteiger partial charge in [0.2, 0.25) is 17.6 Å². The maximum Gasteiger partial charge on any atom is 0.216 e. The van der Waals surface area contributed by atoms with Gasteiger partial charge in [0.05, 0.1) is 14.2 Å². The van der Waals surface area contributed by atoms with Crippen molar-refractivity contribution in [1.82, 2.24) is 30.4 Å². The molecule has 0 atom stereocenters. The Morgan fingerprint density at radius 1 is 1.25 bits per heavy atom. The van der Waals surface area contributed by atoms with E-state index in [-0.39, 0.29) is 0 Å². The quantitative estimate of drug-likeness (QED) is 0.685. The summed E-state index contributed by atoms with van der Waals surface area (Å²) in [4.78, 5) is 1.43. The minimum Gasteiger partial charge on any atom is -0.496 e. The predicted octanol–water partition coefficient (Wildman–Crippen LogP) is 2.22. The number of hydrogen-bond donors (Lipinski definition) is 0. The van der Waals surface area contributed by atoms with Crippen molar-refractivity contribution >= 4 is 6.08 Å². The van der Waals surface area contributed by atoms with E-state index < -0.39 is 0 Å². The van der Waals surface area contributed by atoms with E-state index >= 15 is 0 Å². The lowest BCUT2D eigenvalue weighted by Gasteiger charge is -2.06. The highest BCUT2D eigenvalue weighted by Crippen LogP contribution is 2.25. The first-order valence-electron chi connectivity index (χ1n) is 7.53. The van der Waals surface area contributed by atoms with Crippen LogP contribution in [0, 0.1) is 6.92 Å². The Hall–Kier alpha value is -3.03. The Kier molecular flexibility index (Phi) is 4.64. The summed E-state index contributed by atoms with van der Waals surface area (Å²) < 4.78 is 10.8. The number of benzene rings is 1. The van der Waals surface area contributed by atoms with Crippen LogP contribution in [0.4, 0.5) is 0 Å². The maximum absolute atomic E-state index is 5.41. The summed E-state index contributed by atoms with van der Waals surface area (Å²) in [5.74, 6) is 2.59. The zero-order valence-electron chi connectivity index (χ0n) is 13.8. The van der Waals surface area contributed by atoms with E-state index in [9.17, 15) is 0 Å². The van der Waals surface area contributed by atoms with Gasteiger partial charge in [0.1, 0.15) is 5.75 Å². The van der Waals surface area contributed by atoms with Gasteiger partial charge in [-0.25, -0.2) is 0 Å². The van der Waals surface area contributed by atoms with Crippen molar-refractivity contribution in [2.45, 2.75) is 19.8 Å². The van der Waals surface area contributed by atoms with E-state index in [0.29, 0.717) is 24.0 Å². The second-order valence-electron chi connectivity index (χ2n) is 5.22. The minimum atomic E-state index is 0.580. The molecule has 8 nitrogen and oxygen atoms in total. The molecule has 24 heavy (non-hydrogen) atoms. The van der Waals surface area contributed by atoms with Gasteiger partial charge in [0.25, 0.3) is 0 Å². The van der Waals surface area contributed by atoms with Crippen molar-refractivity contribution in [3.8, 4) is 17.1 Å². The number of tetrazole rings is 1.